The van der Waals surface area contributed by atoms with Crippen LogP contribution in [-0.4, -0.2) is 24.6 Å². The van der Waals surface area contributed by atoms with Gasteiger partial charge in [0.05, 0.1) is 20.4 Å². The van der Waals surface area contributed by atoms with Crippen LogP contribution in [0.4, 0.5) is 0 Å². The second-order valence-electron chi connectivity index (χ2n) is 2.82. The van der Waals surface area contributed by atoms with Crippen LogP contribution < -0.4 is 5.84 Å². The van der Waals surface area contributed by atoms with E-state index in [1.165, 1.54) is 6.26 Å². The van der Waals surface area contributed by atoms with E-state index in [-0.39, 0.29) is 16.3 Å². The molecule has 1 aromatic heterocycles. The van der Waals surface area contributed by atoms with Crippen molar-refractivity contribution in [3.05, 3.63) is 24.2 Å². The van der Waals surface area contributed by atoms with Crippen LogP contribution in [-0.2, 0) is 0 Å². The molecule has 1 rings (SSSR count). The number of quaternary nitrogens is 1. The van der Waals surface area contributed by atoms with Gasteiger partial charge >= 0.3 is 5.91 Å². The largest absolute Gasteiger partial charge is 0.455 e. The van der Waals surface area contributed by atoms with Gasteiger partial charge in [-0.15, -0.1) is 0 Å². The van der Waals surface area contributed by atoms with Gasteiger partial charge in [0.1, 0.15) is 0 Å². The lowest BCUT2D eigenvalue weighted by Crippen LogP contribution is -2.51. The molecular formula is C7H11N2O2+. The van der Waals surface area contributed by atoms with Gasteiger partial charge in [0.15, 0.2) is 0 Å². The molecule has 60 valence electrons. The smallest absolute Gasteiger partial charge is 0.399 e. The van der Waals surface area contributed by atoms with Crippen molar-refractivity contribution in [2.45, 2.75) is 0 Å². The average molecular weight is 155 g/mol. The Morgan fingerprint density at radius 3 is 2.64 bits per heavy atom. The molecule has 0 saturated heterocycles. The molecule has 0 aliphatic heterocycles. The molecular weight excluding hydrogens is 144 g/mol. The van der Waals surface area contributed by atoms with E-state index >= 15 is 0 Å². The van der Waals surface area contributed by atoms with Crippen LogP contribution in [0.2, 0.25) is 0 Å². The van der Waals surface area contributed by atoms with Crippen molar-refractivity contribution >= 4 is 5.91 Å². The Labute approximate surface area is 64.8 Å². The van der Waals surface area contributed by atoms with Crippen LogP contribution in [0.5, 0.6) is 0 Å². The quantitative estimate of drug-likeness (QED) is 0.276. The highest BCUT2D eigenvalue weighted by molar-refractivity contribution is 5.85. The molecule has 0 atom stereocenters. The first-order chi connectivity index (χ1) is 5.02. The first kappa shape index (κ1) is 7.97. The highest BCUT2D eigenvalue weighted by Gasteiger charge is 2.26. The summed E-state index contributed by atoms with van der Waals surface area (Å²) < 4.78 is 4.63. The Morgan fingerprint density at radius 1 is 1.64 bits per heavy atom. The molecule has 1 aromatic rings. The zero-order valence-electron chi connectivity index (χ0n) is 6.57. The molecule has 0 spiro atoms. The number of carbonyl (C=O) groups is 1. The summed E-state index contributed by atoms with van der Waals surface area (Å²) >= 11 is 0. The lowest BCUT2D eigenvalue weighted by Gasteiger charge is -2.16. The predicted octanol–water partition coefficient (Wildman–Crippen LogP) is 0.370. The summed E-state index contributed by atoms with van der Waals surface area (Å²) in [5.41, 5.74) is 0. The van der Waals surface area contributed by atoms with E-state index in [2.05, 4.69) is 0 Å². The highest BCUT2D eigenvalue weighted by Crippen LogP contribution is 2.04. The van der Waals surface area contributed by atoms with Crippen LogP contribution in [0.25, 0.3) is 0 Å². The molecule has 0 fully saturated rings. The third kappa shape index (κ3) is 1.66. The van der Waals surface area contributed by atoms with Gasteiger partial charge in [-0.2, -0.15) is 10.4 Å². The van der Waals surface area contributed by atoms with Crippen LogP contribution >= 0.6 is 0 Å². The van der Waals surface area contributed by atoms with Gasteiger partial charge < -0.3 is 4.42 Å². The number of hydrogen-bond donors (Lipinski definition) is 1. The van der Waals surface area contributed by atoms with Crippen molar-refractivity contribution in [1.29, 1.82) is 0 Å². The van der Waals surface area contributed by atoms with Crippen molar-refractivity contribution in [2.75, 3.05) is 14.1 Å². The normalized spacial score (nSPS) is 11.5. The minimum atomic E-state index is -0.243. The Bertz CT molecular complexity index is 246. The molecule has 0 saturated carbocycles. The van der Waals surface area contributed by atoms with Gasteiger partial charge in [0.25, 0.3) is 0 Å². The van der Waals surface area contributed by atoms with Crippen molar-refractivity contribution in [2.24, 2.45) is 5.84 Å². The molecule has 0 bridgehead atoms. The second kappa shape index (κ2) is 2.48. The first-order valence-corrected chi connectivity index (χ1v) is 3.23. The van der Waals surface area contributed by atoms with E-state index in [1.54, 1.807) is 26.2 Å². The number of carbonyl (C=O) groups excluding carboxylic acids is 1. The lowest BCUT2D eigenvalue weighted by atomic mass is 10.4. The zero-order valence-corrected chi connectivity index (χ0v) is 6.57. The van der Waals surface area contributed by atoms with Crippen molar-refractivity contribution in [3.63, 3.8) is 0 Å². The Kier molecular flexibility index (Phi) is 1.80. The summed E-state index contributed by atoms with van der Waals surface area (Å²) in [5.74, 6) is 5.55. The SMILES string of the molecule is C[N+](C)(N)C(=O)c1ccco1. The number of rotatable bonds is 1. The summed E-state index contributed by atoms with van der Waals surface area (Å²) in [4.78, 5) is 11.3. The summed E-state index contributed by atoms with van der Waals surface area (Å²) in [6.45, 7) is 0. The van der Waals surface area contributed by atoms with Gasteiger partial charge in [0.2, 0.25) is 5.76 Å². The number of furan rings is 1. The number of nitrogens with zero attached hydrogens (tertiary/aromatic N) is 1. The minimum Gasteiger partial charge on any atom is -0.455 e. The van der Waals surface area contributed by atoms with Crippen LogP contribution in [0, 0.1) is 0 Å². The van der Waals surface area contributed by atoms with E-state index in [0.717, 1.165) is 0 Å². The van der Waals surface area contributed by atoms with Gasteiger partial charge in [0, 0.05) is 0 Å². The average Bonchev–Trinajstić information content (AvgIpc) is 2.34. The fourth-order valence-electron chi connectivity index (χ4n) is 0.684. The minimum absolute atomic E-state index is 0.241. The maximum absolute atomic E-state index is 11.3. The van der Waals surface area contributed by atoms with E-state index in [4.69, 9.17) is 10.3 Å². The van der Waals surface area contributed by atoms with E-state index in [0.29, 0.717) is 0 Å². The third-order valence-electron chi connectivity index (χ3n) is 1.26. The molecule has 0 aromatic carbocycles. The summed E-state index contributed by atoms with van der Waals surface area (Å²) in [7, 11) is 3.18. The maximum atomic E-state index is 11.3. The molecule has 1 amide bonds. The van der Waals surface area contributed by atoms with E-state index in [1.807, 2.05) is 0 Å². The zero-order chi connectivity index (χ0) is 8.48. The number of nitrogens with two attached hydrogens (primary N) is 1. The summed E-state index contributed by atoms with van der Waals surface area (Å²) in [6.07, 6.45) is 1.45. The third-order valence-corrected chi connectivity index (χ3v) is 1.26. The lowest BCUT2D eigenvalue weighted by molar-refractivity contribution is -0.820. The predicted molar refractivity (Wildman–Crippen MR) is 39.3 cm³/mol. The molecule has 4 nitrogen and oxygen atoms in total. The molecule has 1 heterocycles. The standard InChI is InChI=1S/C7H11N2O2/c1-9(2,8)7(10)6-4-3-5-11-6/h3-5H,8H2,1-2H3/q+1. The molecule has 0 unspecified atom stereocenters. The van der Waals surface area contributed by atoms with Gasteiger partial charge in [-0.25, -0.2) is 4.79 Å². The van der Waals surface area contributed by atoms with Gasteiger partial charge in [-0.05, 0) is 12.1 Å². The molecule has 0 aliphatic rings. The highest BCUT2D eigenvalue weighted by atomic mass is 16.3. The van der Waals surface area contributed by atoms with Crippen LogP contribution in [0.3, 0.4) is 0 Å². The van der Waals surface area contributed by atoms with Gasteiger partial charge in [-0.3, -0.25) is 0 Å². The summed E-state index contributed by atoms with van der Waals surface area (Å²) in [6, 6.07) is 3.25. The molecule has 11 heavy (non-hydrogen) atoms. The second-order valence-corrected chi connectivity index (χ2v) is 2.82. The van der Waals surface area contributed by atoms with Crippen LogP contribution in [0.15, 0.2) is 22.8 Å². The Hall–Kier alpha value is -1.13. The Balaban J connectivity index is 2.88. The van der Waals surface area contributed by atoms with Gasteiger partial charge in [-0.1, -0.05) is 0 Å². The number of amides is 1. The maximum Gasteiger partial charge on any atom is 0.399 e. The fraction of sp³-hybridized carbons (Fsp3) is 0.286. The van der Waals surface area contributed by atoms with Crippen molar-refractivity contribution in [1.82, 2.24) is 0 Å². The van der Waals surface area contributed by atoms with Crippen molar-refractivity contribution in [3.8, 4) is 0 Å². The van der Waals surface area contributed by atoms with Crippen LogP contribution in [0.1, 0.15) is 10.6 Å². The monoisotopic (exact) mass is 155 g/mol. The molecule has 2 N–H and O–H groups in total. The molecule has 0 radical (unpaired) electrons. The van der Waals surface area contributed by atoms with E-state index < -0.39 is 0 Å². The molecule has 4 heteroatoms. The Morgan fingerprint density at radius 2 is 2.27 bits per heavy atom. The molecule has 0 aliphatic carbocycles. The first-order valence-electron chi connectivity index (χ1n) is 3.23. The number of hydrogen-bond acceptors (Lipinski definition) is 3. The summed E-state index contributed by atoms with van der Waals surface area (Å²) in [5, 5.41) is 0. The van der Waals surface area contributed by atoms with E-state index in [9.17, 15) is 4.79 Å². The van der Waals surface area contributed by atoms with Crippen molar-refractivity contribution < 1.29 is 13.8 Å². The fourth-order valence-corrected chi connectivity index (χ4v) is 0.684. The topological polar surface area (TPSA) is 56.2 Å².